The maximum absolute atomic E-state index is 14.0. The number of carbonyl (C=O) groups excluding carboxylic acids is 3. The van der Waals surface area contributed by atoms with Gasteiger partial charge in [-0.3, -0.25) is 38.5 Å². The Labute approximate surface area is 258 Å². The lowest BCUT2D eigenvalue weighted by Gasteiger charge is -2.50. The van der Waals surface area contributed by atoms with Crippen molar-refractivity contribution in [3.63, 3.8) is 0 Å². The first-order valence-electron chi connectivity index (χ1n) is 13.9. The van der Waals surface area contributed by atoms with Crippen LogP contribution < -0.4 is 10.6 Å². The highest BCUT2D eigenvalue weighted by Crippen LogP contribution is 2.55. The van der Waals surface area contributed by atoms with E-state index < -0.39 is 84.8 Å². The fraction of sp³-hybridized carbons (Fsp3) is 0.519. The Bertz CT molecular complexity index is 1600. The Morgan fingerprint density at radius 2 is 1.67 bits per heavy atom. The molecule has 1 aromatic rings. The fourth-order valence-corrected chi connectivity index (χ4v) is 6.59. The van der Waals surface area contributed by atoms with Crippen molar-refractivity contribution in [3.05, 3.63) is 44.2 Å². The van der Waals surface area contributed by atoms with E-state index in [0.717, 1.165) is 0 Å². The van der Waals surface area contributed by atoms with Crippen LogP contribution in [0.15, 0.2) is 23.0 Å². The van der Waals surface area contributed by atoms with Crippen molar-refractivity contribution < 1.29 is 57.3 Å². The minimum Gasteiger partial charge on any atom is -0.508 e. The monoisotopic (exact) mass is 656 g/mol. The van der Waals surface area contributed by atoms with E-state index in [1.807, 2.05) is 18.7 Å². The number of aliphatic hydroxyl groups is 3. The Hall–Kier alpha value is -4.10. The number of phenolic OH excluding ortho intramolecular Hbond substituents is 1. The normalized spacial score (nSPS) is 24.4. The number of ketones is 2. The van der Waals surface area contributed by atoms with E-state index in [-0.39, 0.29) is 24.0 Å². The maximum atomic E-state index is 14.0. The van der Waals surface area contributed by atoms with Crippen LogP contribution >= 0.6 is 0 Å². The van der Waals surface area contributed by atoms with Crippen LogP contribution in [0.5, 0.6) is 5.75 Å². The predicted molar refractivity (Wildman–Crippen MR) is 158 cm³/mol. The second-order valence-electron chi connectivity index (χ2n) is 11.3. The molecule has 1 aromatic carbocycles. The number of Topliss-reactive ketones (excluding diaryl/α,β-unsaturated/α-hetero) is 2. The summed E-state index contributed by atoms with van der Waals surface area (Å²) in [4.78, 5) is 53.7. The minimum atomic E-state index is -4.67. The molecule has 3 aliphatic carbocycles. The van der Waals surface area contributed by atoms with Gasteiger partial charge in [0.05, 0.1) is 16.5 Å². The summed E-state index contributed by atoms with van der Waals surface area (Å²) in [5.41, 5.74) is 1.18. The molecular formula is C27H36N4O13S. The van der Waals surface area contributed by atoms with E-state index >= 15 is 0 Å². The Kier molecular flexibility index (Phi) is 10.00. The molecule has 1 fully saturated rings. The summed E-state index contributed by atoms with van der Waals surface area (Å²) >= 11 is 0. The van der Waals surface area contributed by atoms with Crippen molar-refractivity contribution in [1.29, 1.82) is 0 Å². The number of aromatic hydroxyl groups is 1. The molecule has 1 saturated carbocycles. The van der Waals surface area contributed by atoms with Gasteiger partial charge in [-0.1, -0.05) is 13.8 Å². The Morgan fingerprint density at radius 1 is 1.13 bits per heavy atom. The molecular weight excluding hydrogens is 620 g/mol. The van der Waals surface area contributed by atoms with Gasteiger partial charge in [0.25, 0.3) is 5.91 Å². The molecule has 18 heteroatoms. The number of nitrogens with zero attached hydrogens (tertiary/aromatic N) is 3. The van der Waals surface area contributed by atoms with Crippen LogP contribution in [0, 0.1) is 22.0 Å². The van der Waals surface area contributed by atoms with Crippen molar-refractivity contribution in [2.24, 2.45) is 17.6 Å². The van der Waals surface area contributed by atoms with Gasteiger partial charge in [0.1, 0.15) is 17.1 Å². The van der Waals surface area contributed by atoms with Crippen molar-refractivity contribution in [3.8, 4) is 5.75 Å². The first-order chi connectivity index (χ1) is 20.7. The average Bonchev–Trinajstić information content (AvgIpc) is 2.89. The molecule has 0 spiro atoms. The van der Waals surface area contributed by atoms with Crippen LogP contribution in [0.3, 0.4) is 0 Å². The zero-order valence-electron chi connectivity index (χ0n) is 24.9. The molecule has 0 bridgehead atoms. The summed E-state index contributed by atoms with van der Waals surface area (Å²) in [5, 5.41) is 56.9. The van der Waals surface area contributed by atoms with Gasteiger partial charge in [-0.2, -0.15) is 8.42 Å². The second-order valence-corrected chi connectivity index (χ2v) is 12.2. The number of anilines is 1. The van der Waals surface area contributed by atoms with Gasteiger partial charge >= 0.3 is 16.1 Å². The molecule has 3 aliphatic rings. The lowest BCUT2D eigenvalue weighted by Crippen LogP contribution is -2.65. The van der Waals surface area contributed by atoms with Crippen LogP contribution in [0.2, 0.25) is 0 Å². The first kappa shape index (κ1) is 35.4. The summed E-state index contributed by atoms with van der Waals surface area (Å²) in [6, 6.07) is 0.0676. The molecule has 4 rings (SSSR count). The number of nitrogens with two attached hydrogens (primary N) is 1. The third kappa shape index (κ3) is 6.23. The molecule has 45 heavy (non-hydrogen) atoms. The molecule has 248 valence electrons. The van der Waals surface area contributed by atoms with Gasteiger partial charge < -0.3 is 31.1 Å². The van der Waals surface area contributed by atoms with Crippen LogP contribution in [0.1, 0.15) is 44.2 Å². The molecule has 2 unspecified atom stereocenters. The van der Waals surface area contributed by atoms with E-state index in [4.69, 9.17) is 23.3 Å². The van der Waals surface area contributed by atoms with Crippen molar-refractivity contribution in [2.45, 2.75) is 51.2 Å². The molecule has 0 aliphatic heterocycles. The number of primary amides is 1. The number of aliphatic hydroxyl groups excluding tert-OH is 2. The molecule has 0 saturated heterocycles. The number of amides is 1. The molecule has 4 atom stereocenters. The highest BCUT2D eigenvalue weighted by Gasteiger charge is 2.64. The van der Waals surface area contributed by atoms with E-state index in [2.05, 4.69) is 0 Å². The lowest BCUT2D eigenvalue weighted by atomic mass is 9.57. The SMILES string of the molecule is CCCN(CCC)c1cc([N+](=O)[O-])c(O)c2c1CC1CC3[C@H](N(C)C)C(=O)C(C(N)=O)=C(O)[C@@]3(O)C(=O)C1=C2O.O=S(=O)(O)O. The van der Waals surface area contributed by atoms with Crippen LogP contribution in [-0.4, -0.2) is 104 Å². The largest absolute Gasteiger partial charge is 0.508 e. The number of carbonyl (C=O) groups is 3. The van der Waals surface area contributed by atoms with Gasteiger partial charge in [0, 0.05) is 36.3 Å². The smallest absolute Gasteiger partial charge is 0.394 e. The molecule has 1 amide bonds. The van der Waals surface area contributed by atoms with Gasteiger partial charge in [0.15, 0.2) is 11.4 Å². The van der Waals surface area contributed by atoms with Crippen LogP contribution in [0.25, 0.3) is 5.76 Å². The number of hydrogen-bond donors (Lipinski definition) is 7. The van der Waals surface area contributed by atoms with Gasteiger partial charge in [-0.15, -0.1) is 0 Å². The van der Waals surface area contributed by atoms with Gasteiger partial charge in [-0.05, 0) is 51.3 Å². The van der Waals surface area contributed by atoms with Crippen molar-refractivity contribution >= 4 is 45.0 Å². The molecule has 17 nitrogen and oxygen atoms in total. The number of hydrogen-bond acceptors (Lipinski definition) is 13. The fourth-order valence-electron chi connectivity index (χ4n) is 6.59. The Morgan fingerprint density at radius 3 is 2.11 bits per heavy atom. The topological polar surface area (TPSA) is 282 Å². The highest BCUT2D eigenvalue weighted by atomic mass is 32.3. The van der Waals surface area contributed by atoms with E-state index in [9.17, 15) is 44.9 Å². The second kappa shape index (κ2) is 12.7. The van der Waals surface area contributed by atoms with Crippen LogP contribution in [0.4, 0.5) is 11.4 Å². The van der Waals surface area contributed by atoms with E-state index in [1.54, 1.807) is 0 Å². The minimum absolute atomic E-state index is 0.0549. The highest BCUT2D eigenvalue weighted by molar-refractivity contribution is 7.79. The Balaban J connectivity index is 0.00000102. The van der Waals surface area contributed by atoms with Crippen LogP contribution in [-0.2, 0) is 31.2 Å². The van der Waals surface area contributed by atoms with E-state index in [1.165, 1.54) is 25.1 Å². The number of nitro benzene ring substituents is 1. The molecule has 8 N–H and O–H groups in total. The zero-order valence-corrected chi connectivity index (χ0v) is 25.7. The van der Waals surface area contributed by atoms with Gasteiger partial charge in [0.2, 0.25) is 11.5 Å². The number of nitro groups is 1. The standard InChI is InChI=1S/C27H34N4O9.H2O4S/c1-5-7-30(8-6-2)15-11-16(31(39)40)21(32)18-13(15)9-12-10-14-20(29(3)4)23(34)19(26(28)37)25(36)27(14,38)24(35)17(12)22(18)33;1-5(2,3)4/h11-12,14,20,32-33,36,38H,5-10H2,1-4H3,(H2,28,37);(H2,1,2,3,4)/t12?,14?,20-,27-;/m0./s1. The van der Waals surface area contributed by atoms with Crippen molar-refractivity contribution in [1.82, 2.24) is 4.90 Å². The summed E-state index contributed by atoms with van der Waals surface area (Å²) in [5.74, 6) is -8.08. The van der Waals surface area contributed by atoms with Crippen molar-refractivity contribution in [2.75, 3.05) is 32.1 Å². The average molecular weight is 657 g/mol. The molecule has 0 radical (unpaired) electrons. The predicted octanol–water partition coefficient (Wildman–Crippen LogP) is 0.846. The van der Waals surface area contributed by atoms with E-state index in [0.29, 0.717) is 37.2 Å². The summed E-state index contributed by atoms with van der Waals surface area (Å²) < 4.78 is 31.6. The number of rotatable bonds is 8. The summed E-state index contributed by atoms with van der Waals surface area (Å²) in [6.07, 6.45) is 1.42. The first-order valence-corrected chi connectivity index (χ1v) is 15.3. The lowest BCUT2D eigenvalue weighted by molar-refractivity contribution is -0.385. The molecule has 0 heterocycles. The quantitative estimate of drug-likeness (QED) is 0.0883. The third-order valence-corrected chi connectivity index (χ3v) is 8.20. The number of phenols is 1. The summed E-state index contributed by atoms with van der Waals surface area (Å²) in [7, 11) is -1.62. The zero-order chi connectivity index (χ0) is 34.3. The number of likely N-dealkylation sites (N-methyl/N-ethyl adjacent to an activating group) is 1. The summed E-state index contributed by atoms with van der Waals surface area (Å²) in [6.45, 7) is 4.97. The number of benzene rings is 1. The maximum Gasteiger partial charge on any atom is 0.394 e. The van der Waals surface area contributed by atoms with Gasteiger partial charge in [-0.25, -0.2) is 0 Å². The number of fused-ring (bicyclic) bond motifs is 3. The molecule has 0 aromatic heterocycles. The third-order valence-electron chi connectivity index (χ3n) is 8.20.